The predicted octanol–water partition coefficient (Wildman–Crippen LogP) is 2.53. The van der Waals surface area contributed by atoms with Crippen molar-refractivity contribution in [3.05, 3.63) is 17.5 Å². The summed E-state index contributed by atoms with van der Waals surface area (Å²) in [5, 5.41) is 11.8. The molecule has 20 heavy (non-hydrogen) atoms. The van der Waals surface area contributed by atoms with Crippen molar-refractivity contribution >= 4 is 17.7 Å². The highest BCUT2D eigenvalue weighted by atomic mass is 16.4. The van der Waals surface area contributed by atoms with Crippen molar-refractivity contribution in [3.63, 3.8) is 0 Å². The lowest BCUT2D eigenvalue weighted by atomic mass is 9.95. The average molecular weight is 279 g/mol. The van der Waals surface area contributed by atoms with Crippen molar-refractivity contribution in [1.82, 2.24) is 9.88 Å². The Morgan fingerprint density at radius 2 is 2.20 bits per heavy atom. The number of carboxylic acids is 1. The van der Waals surface area contributed by atoms with Crippen LogP contribution in [0.1, 0.15) is 36.5 Å². The van der Waals surface area contributed by atoms with Crippen LogP contribution in [0.25, 0.3) is 0 Å². The van der Waals surface area contributed by atoms with E-state index in [-0.39, 0.29) is 11.7 Å². The number of nitrogens with zero attached hydrogens (tertiary/aromatic N) is 1. The van der Waals surface area contributed by atoms with Gasteiger partial charge in [0, 0.05) is 18.8 Å². The van der Waals surface area contributed by atoms with Crippen LogP contribution in [0.3, 0.4) is 0 Å². The summed E-state index contributed by atoms with van der Waals surface area (Å²) in [5.41, 5.74) is 1.06. The van der Waals surface area contributed by atoms with Crippen LogP contribution in [0.4, 0.5) is 10.5 Å². The Kier molecular flexibility index (Phi) is 4.01. The van der Waals surface area contributed by atoms with E-state index in [2.05, 4.69) is 24.1 Å². The van der Waals surface area contributed by atoms with Gasteiger partial charge in [0.15, 0.2) is 0 Å². The number of carboxylic acid groups (broad SMARTS) is 1. The number of anilines is 1. The monoisotopic (exact) mass is 279 g/mol. The first-order valence-corrected chi connectivity index (χ1v) is 6.87. The third-order valence-corrected chi connectivity index (χ3v) is 3.86. The molecule has 0 saturated carbocycles. The van der Waals surface area contributed by atoms with Crippen LogP contribution >= 0.6 is 0 Å². The van der Waals surface area contributed by atoms with Crippen molar-refractivity contribution < 1.29 is 14.7 Å². The highest BCUT2D eigenvalue weighted by Crippen LogP contribution is 2.25. The molecule has 0 aliphatic carbocycles. The maximum absolute atomic E-state index is 12.2. The number of aryl methyl sites for hydroxylation is 1. The maximum Gasteiger partial charge on any atom is 0.354 e. The van der Waals surface area contributed by atoms with Crippen molar-refractivity contribution in [3.8, 4) is 0 Å². The summed E-state index contributed by atoms with van der Waals surface area (Å²) in [4.78, 5) is 27.7. The molecule has 1 aromatic rings. The second-order valence-electron chi connectivity index (χ2n) is 5.72. The standard InChI is InChI=1S/C14H21N3O3/c1-8(2)10-4-5-17(7-10)14(20)16-11-6-9(3)15-12(11)13(18)19/h6,8,10,15H,4-5,7H2,1-3H3,(H,16,20)(H,18,19). The number of aromatic nitrogens is 1. The minimum Gasteiger partial charge on any atom is -0.477 e. The lowest BCUT2D eigenvalue weighted by molar-refractivity contribution is 0.0692. The first-order valence-electron chi connectivity index (χ1n) is 6.87. The first-order chi connectivity index (χ1) is 9.38. The van der Waals surface area contributed by atoms with E-state index in [4.69, 9.17) is 5.11 Å². The van der Waals surface area contributed by atoms with E-state index in [0.29, 0.717) is 23.2 Å². The number of nitrogens with one attached hydrogen (secondary N) is 2. The van der Waals surface area contributed by atoms with E-state index in [1.807, 2.05) is 0 Å². The largest absolute Gasteiger partial charge is 0.477 e. The molecule has 6 heteroatoms. The highest BCUT2D eigenvalue weighted by Gasteiger charge is 2.28. The highest BCUT2D eigenvalue weighted by molar-refractivity contribution is 5.99. The quantitative estimate of drug-likeness (QED) is 0.794. The van der Waals surface area contributed by atoms with Crippen LogP contribution in [0, 0.1) is 18.8 Å². The number of rotatable bonds is 3. The fourth-order valence-electron chi connectivity index (χ4n) is 2.57. The van der Waals surface area contributed by atoms with Gasteiger partial charge in [0.05, 0.1) is 5.69 Å². The molecule has 6 nitrogen and oxygen atoms in total. The molecule has 0 spiro atoms. The Morgan fingerprint density at radius 3 is 2.75 bits per heavy atom. The Balaban J connectivity index is 2.04. The molecule has 2 amide bonds. The smallest absolute Gasteiger partial charge is 0.354 e. The van der Waals surface area contributed by atoms with Crippen molar-refractivity contribution in [2.75, 3.05) is 18.4 Å². The van der Waals surface area contributed by atoms with Gasteiger partial charge in [0.1, 0.15) is 5.69 Å². The van der Waals surface area contributed by atoms with E-state index in [1.165, 1.54) is 0 Å². The Labute approximate surface area is 118 Å². The third kappa shape index (κ3) is 2.95. The fraction of sp³-hybridized carbons (Fsp3) is 0.571. The van der Waals surface area contributed by atoms with Gasteiger partial charge in [-0.1, -0.05) is 13.8 Å². The predicted molar refractivity (Wildman–Crippen MR) is 76.0 cm³/mol. The van der Waals surface area contributed by atoms with E-state index in [1.54, 1.807) is 17.9 Å². The van der Waals surface area contributed by atoms with Crippen molar-refractivity contribution in [1.29, 1.82) is 0 Å². The Bertz CT molecular complexity index is 522. The molecule has 2 heterocycles. The fourth-order valence-corrected chi connectivity index (χ4v) is 2.57. The molecule has 1 unspecified atom stereocenters. The van der Waals surface area contributed by atoms with Gasteiger partial charge in [-0.05, 0) is 31.2 Å². The molecule has 2 rings (SSSR count). The van der Waals surface area contributed by atoms with Gasteiger partial charge in [-0.2, -0.15) is 0 Å². The van der Waals surface area contributed by atoms with Crippen LogP contribution in [0.15, 0.2) is 6.07 Å². The van der Waals surface area contributed by atoms with Crippen molar-refractivity contribution in [2.24, 2.45) is 11.8 Å². The molecule has 1 fully saturated rings. The van der Waals surface area contributed by atoms with Gasteiger partial charge >= 0.3 is 12.0 Å². The molecule has 0 aromatic carbocycles. The molecule has 110 valence electrons. The molecular formula is C14H21N3O3. The summed E-state index contributed by atoms with van der Waals surface area (Å²) in [5.74, 6) is -0.000539. The second-order valence-corrected chi connectivity index (χ2v) is 5.72. The number of amides is 2. The van der Waals surface area contributed by atoms with Crippen LogP contribution in [0.2, 0.25) is 0 Å². The van der Waals surface area contributed by atoms with E-state index < -0.39 is 5.97 Å². The SMILES string of the molecule is Cc1cc(NC(=O)N2CCC(C(C)C)C2)c(C(=O)O)[nH]1. The summed E-state index contributed by atoms with van der Waals surface area (Å²) in [6.45, 7) is 7.52. The summed E-state index contributed by atoms with van der Waals surface area (Å²) in [7, 11) is 0. The minimum atomic E-state index is -1.07. The number of carbonyl (C=O) groups is 2. The average Bonchev–Trinajstić information content (AvgIpc) is 2.95. The first kappa shape index (κ1) is 14.4. The molecule has 3 N–H and O–H groups in total. The van der Waals surface area contributed by atoms with Gasteiger partial charge in [-0.25, -0.2) is 9.59 Å². The third-order valence-electron chi connectivity index (χ3n) is 3.86. The number of H-pyrrole nitrogens is 1. The van der Waals surface area contributed by atoms with Gasteiger partial charge in [0.2, 0.25) is 0 Å². The molecule has 1 aliphatic heterocycles. The van der Waals surface area contributed by atoms with E-state index >= 15 is 0 Å². The van der Waals surface area contributed by atoms with Gasteiger partial charge in [-0.15, -0.1) is 0 Å². The zero-order valence-electron chi connectivity index (χ0n) is 12.1. The molecule has 0 bridgehead atoms. The van der Waals surface area contributed by atoms with Gasteiger partial charge in [0.25, 0.3) is 0 Å². The number of hydrogen-bond acceptors (Lipinski definition) is 2. The van der Waals surface area contributed by atoms with E-state index in [9.17, 15) is 9.59 Å². The molecule has 1 atom stereocenters. The Hall–Kier alpha value is -1.98. The number of carbonyl (C=O) groups excluding carboxylic acids is 1. The van der Waals surface area contributed by atoms with Crippen molar-refractivity contribution in [2.45, 2.75) is 27.2 Å². The Morgan fingerprint density at radius 1 is 1.50 bits per heavy atom. The normalized spacial score (nSPS) is 18.6. The summed E-state index contributed by atoms with van der Waals surface area (Å²) >= 11 is 0. The zero-order valence-corrected chi connectivity index (χ0v) is 12.1. The van der Waals surface area contributed by atoms with Crippen LogP contribution in [-0.2, 0) is 0 Å². The lowest BCUT2D eigenvalue weighted by Crippen LogP contribution is -2.33. The molecule has 0 radical (unpaired) electrons. The molecule has 1 saturated heterocycles. The second kappa shape index (κ2) is 5.56. The minimum absolute atomic E-state index is 0.0236. The lowest BCUT2D eigenvalue weighted by Gasteiger charge is -2.18. The summed E-state index contributed by atoms with van der Waals surface area (Å²) in [6, 6.07) is 1.41. The molecule has 1 aromatic heterocycles. The molecular weight excluding hydrogens is 258 g/mol. The van der Waals surface area contributed by atoms with E-state index in [0.717, 1.165) is 19.5 Å². The zero-order chi connectivity index (χ0) is 14.9. The summed E-state index contributed by atoms with van der Waals surface area (Å²) < 4.78 is 0. The van der Waals surface area contributed by atoms with Crippen LogP contribution in [0.5, 0.6) is 0 Å². The number of likely N-dealkylation sites (tertiary alicyclic amines) is 1. The molecule has 1 aliphatic rings. The summed E-state index contributed by atoms with van der Waals surface area (Å²) in [6.07, 6.45) is 1.00. The number of hydrogen-bond donors (Lipinski definition) is 3. The number of urea groups is 1. The number of aromatic amines is 1. The maximum atomic E-state index is 12.2. The number of aromatic carboxylic acids is 1. The van der Waals surface area contributed by atoms with Gasteiger partial charge < -0.3 is 20.3 Å². The van der Waals surface area contributed by atoms with Gasteiger partial charge in [-0.3, -0.25) is 0 Å². The van der Waals surface area contributed by atoms with Crippen LogP contribution in [-0.4, -0.2) is 40.1 Å². The van der Waals surface area contributed by atoms with Crippen LogP contribution < -0.4 is 5.32 Å². The topological polar surface area (TPSA) is 85.4 Å².